The maximum absolute atomic E-state index is 14.4. The molecule has 2 N–H and O–H groups in total. The maximum atomic E-state index is 14.4. The van der Waals surface area contributed by atoms with E-state index in [0.717, 1.165) is 16.8 Å². The number of aromatic nitrogens is 4. The number of amides is 2. The molecule has 5 rings (SSSR count). The molecule has 0 aliphatic rings. The fraction of sp³-hybridized carbons (Fsp3) is 0.160. The summed E-state index contributed by atoms with van der Waals surface area (Å²) >= 11 is 0. The van der Waals surface area contributed by atoms with E-state index in [1.54, 1.807) is 31.3 Å². The first kappa shape index (κ1) is 25.5. The lowest BCUT2D eigenvalue weighted by molar-refractivity contribution is -0.0498. The summed E-state index contributed by atoms with van der Waals surface area (Å²) in [6.45, 7) is -3.03. The monoisotopic (exact) mass is 540 g/mol. The molecule has 2 amide bonds. The van der Waals surface area contributed by atoms with Crippen LogP contribution in [0.25, 0.3) is 16.7 Å². The molecule has 14 heteroatoms. The van der Waals surface area contributed by atoms with Crippen LogP contribution in [-0.2, 0) is 20.1 Å². The molecule has 3 aromatic heterocycles. The topological polar surface area (TPSA) is 133 Å². The average Bonchev–Trinajstić information content (AvgIpc) is 3.43. The number of aryl methyl sites for hydroxylation is 1. The molecule has 0 spiro atoms. The minimum absolute atomic E-state index is 0.0430. The lowest BCUT2D eigenvalue weighted by Gasteiger charge is -2.11. The van der Waals surface area contributed by atoms with Crippen LogP contribution in [-0.4, -0.2) is 37.6 Å². The number of benzene rings is 2. The highest BCUT2D eigenvalue weighted by Gasteiger charge is 2.20. The van der Waals surface area contributed by atoms with Crippen LogP contribution in [0.3, 0.4) is 0 Å². The number of fused-ring (bicyclic) bond motifs is 2. The third-order valence-electron chi connectivity index (χ3n) is 5.78. The number of nitrogens with one attached hydrogen (secondary N) is 2. The van der Waals surface area contributed by atoms with Gasteiger partial charge in [-0.05, 0) is 35.4 Å². The van der Waals surface area contributed by atoms with E-state index < -0.39 is 30.0 Å². The number of halogens is 3. The molecule has 5 aromatic rings. The Balaban J connectivity index is 1.34. The Kier molecular flexibility index (Phi) is 6.75. The van der Waals surface area contributed by atoms with Gasteiger partial charge in [-0.3, -0.25) is 14.2 Å². The summed E-state index contributed by atoms with van der Waals surface area (Å²) in [6, 6.07) is 11.8. The third-order valence-corrected chi connectivity index (χ3v) is 5.78. The predicted molar refractivity (Wildman–Crippen MR) is 130 cm³/mol. The molecule has 0 bridgehead atoms. The molecule has 0 aliphatic carbocycles. The van der Waals surface area contributed by atoms with Gasteiger partial charge < -0.3 is 19.8 Å². The normalized spacial score (nSPS) is 11.3. The smallest absolute Gasteiger partial charge is 0.419 e. The number of carbonyl (C=O) groups excluding carboxylic acids is 2. The van der Waals surface area contributed by atoms with Crippen LogP contribution in [0.1, 0.15) is 32.1 Å². The van der Waals surface area contributed by atoms with Gasteiger partial charge in [-0.1, -0.05) is 18.2 Å². The fourth-order valence-corrected chi connectivity index (χ4v) is 3.87. The van der Waals surface area contributed by atoms with E-state index in [0.29, 0.717) is 22.2 Å². The lowest BCUT2D eigenvalue weighted by Crippen LogP contribution is -2.28. The Hall–Kier alpha value is -5.14. The summed E-state index contributed by atoms with van der Waals surface area (Å²) in [6.07, 6.45) is 0.857. The van der Waals surface area contributed by atoms with E-state index in [1.165, 1.54) is 22.8 Å². The first-order valence-electron chi connectivity index (χ1n) is 11.4. The summed E-state index contributed by atoms with van der Waals surface area (Å²) in [5, 5.41) is 9.05. The van der Waals surface area contributed by atoms with Crippen molar-refractivity contribution in [3.8, 4) is 5.75 Å². The third kappa shape index (κ3) is 5.30. The Morgan fingerprint density at radius 3 is 2.56 bits per heavy atom. The van der Waals surface area contributed by atoms with Gasteiger partial charge in [0.05, 0.1) is 11.7 Å². The molecule has 0 aliphatic heterocycles. The number of rotatable bonds is 8. The first-order valence-corrected chi connectivity index (χ1v) is 11.4. The predicted octanol–water partition coefficient (Wildman–Crippen LogP) is 2.77. The maximum Gasteiger partial charge on any atom is 0.419 e. The van der Waals surface area contributed by atoms with Crippen LogP contribution in [0.2, 0.25) is 0 Å². The van der Waals surface area contributed by atoms with Crippen molar-refractivity contribution < 1.29 is 31.9 Å². The first-order chi connectivity index (χ1) is 18.7. The molecule has 0 saturated carbocycles. The van der Waals surface area contributed by atoms with Crippen molar-refractivity contribution in [2.75, 3.05) is 0 Å². The summed E-state index contributed by atoms with van der Waals surface area (Å²) in [5.74, 6) is -2.85. The zero-order valence-electron chi connectivity index (χ0n) is 20.2. The molecule has 39 heavy (non-hydrogen) atoms. The second kappa shape index (κ2) is 10.3. The van der Waals surface area contributed by atoms with Gasteiger partial charge in [0.25, 0.3) is 11.8 Å². The number of alkyl halides is 2. The molecular formula is C25H19F3N6O5. The number of hydrogen-bond donors (Lipinski definition) is 2. The molecule has 0 atom stereocenters. The highest BCUT2D eigenvalue weighted by atomic mass is 19.3. The molecule has 0 radical (unpaired) electrons. The zero-order valence-corrected chi connectivity index (χ0v) is 20.2. The van der Waals surface area contributed by atoms with Gasteiger partial charge in [0.2, 0.25) is 0 Å². The van der Waals surface area contributed by atoms with Crippen molar-refractivity contribution in [1.82, 2.24) is 29.8 Å². The molecular weight excluding hydrogens is 521 g/mol. The van der Waals surface area contributed by atoms with Crippen LogP contribution in [0.5, 0.6) is 5.75 Å². The Morgan fingerprint density at radius 2 is 1.79 bits per heavy atom. The van der Waals surface area contributed by atoms with E-state index >= 15 is 0 Å². The van der Waals surface area contributed by atoms with Crippen molar-refractivity contribution in [2.24, 2.45) is 7.05 Å². The number of nitrogens with zero attached hydrogens (tertiary/aromatic N) is 4. The molecule has 0 saturated heterocycles. The van der Waals surface area contributed by atoms with Crippen LogP contribution in [0.4, 0.5) is 13.2 Å². The van der Waals surface area contributed by atoms with Crippen molar-refractivity contribution in [1.29, 1.82) is 0 Å². The molecule has 11 nitrogen and oxygen atoms in total. The van der Waals surface area contributed by atoms with E-state index in [1.807, 2.05) is 0 Å². The van der Waals surface area contributed by atoms with E-state index in [-0.39, 0.29) is 35.9 Å². The Morgan fingerprint density at radius 1 is 1.05 bits per heavy atom. The van der Waals surface area contributed by atoms with Crippen molar-refractivity contribution in [2.45, 2.75) is 19.7 Å². The average molecular weight is 540 g/mol. The second-order valence-corrected chi connectivity index (χ2v) is 8.37. The highest BCUT2D eigenvalue weighted by molar-refractivity contribution is 5.98. The van der Waals surface area contributed by atoms with Crippen LogP contribution >= 0.6 is 0 Å². The molecule has 3 heterocycles. The van der Waals surface area contributed by atoms with Gasteiger partial charge in [-0.15, -0.1) is 0 Å². The summed E-state index contributed by atoms with van der Waals surface area (Å²) in [4.78, 5) is 41.6. The molecule has 0 fully saturated rings. The summed E-state index contributed by atoms with van der Waals surface area (Å²) < 4.78 is 51.0. The Bertz CT molecular complexity index is 1780. The van der Waals surface area contributed by atoms with Crippen molar-refractivity contribution in [3.63, 3.8) is 0 Å². The molecule has 0 unspecified atom stereocenters. The highest BCUT2D eigenvalue weighted by Crippen LogP contribution is 2.17. The quantitative estimate of drug-likeness (QED) is 0.309. The molecule has 200 valence electrons. The van der Waals surface area contributed by atoms with Gasteiger partial charge >= 0.3 is 12.4 Å². The van der Waals surface area contributed by atoms with Crippen molar-refractivity contribution in [3.05, 3.63) is 93.6 Å². The van der Waals surface area contributed by atoms with Gasteiger partial charge in [0.1, 0.15) is 17.1 Å². The minimum Gasteiger partial charge on any atom is -0.435 e. The second-order valence-electron chi connectivity index (χ2n) is 8.37. The zero-order chi connectivity index (χ0) is 27.7. The van der Waals surface area contributed by atoms with Gasteiger partial charge in [0.15, 0.2) is 17.0 Å². The van der Waals surface area contributed by atoms with Gasteiger partial charge in [0, 0.05) is 26.2 Å². The van der Waals surface area contributed by atoms with Crippen molar-refractivity contribution >= 4 is 28.6 Å². The van der Waals surface area contributed by atoms with Gasteiger partial charge in [-0.25, -0.2) is 18.7 Å². The van der Waals surface area contributed by atoms with E-state index in [4.69, 9.17) is 4.42 Å². The lowest BCUT2D eigenvalue weighted by atomic mass is 10.2. The Labute approximate surface area is 216 Å². The summed E-state index contributed by atoms with van der Waals surface area (Å²) in [7, 11) is 1.55. The van der Waals surface area contributed by atoms with Gasteiger partial charge in [-0.2, -0.15) is 13.9 Å². The standard InChI is InChI=1S/C25H19F3N6O5/c1-33-18-8-14(5-6-20(18)39-25(33)37)11-29-22(35)17-9-19(34-21(32-17)16(26)12-31-34)23(36)30-10-13-3-2-4-15(7-13)38-24(27)28/h2-9,12,24H,10-11H2,1H3,(H,29,35)(H,30,36). The van der Waals surface area contributed by atoms with Crippen LogP contribution < -0.4 is 21.1 Å². The summed E-state index contributed by atoms with van der Waals surface area (Å²) in [5.41, 5.74) is 1.29. The van der Waals surface area contributed by atoms with E-state index in [9.17, 15) is 27.6 Å². The number of carbonyl (C=O) groups is 2. The number of ether oxygens (including phenoxy) is 1. The minimum atomic E-state index is -3.00. The fourth-order valence-electron chi connectivity index (χ4n) is 3.87. The number of oxazole rings is 1. The SMILES string of the molecule is Cn1c(=O)oc2ccc(CNC(=O)c3cc(C(=O)NCc4cccc(OC(F)F)c4)n4ncc(F)c4n3)cc21. The largest absolute Gasteiger partial charge is 0.435 e. The molecule has 2 aromatic carbocycles. The van der Waals surface area contributed by atoms with Crippen LogP contribution in [0, 0.1) is 5.82 Å². The van der Waals surface area contributed by atoms with E-state index in [2.05, 4.69) is 25.5 Å². The van der Waals surface area contributed by atoms with Crippen LogP contribution in [0.15, 0.2) is 63.9 Å². The number of hydrogen-bond acceptors (Lipinski definition) is 7.